The fourth-order valence-corrected chi connectivity index (χ4v) is 3.66. The minimum Gasteiger partial charge on any atom is -0.449 e. The van der Waals surface area contributed by atoms with E-state index in [1.54, 1.807) is 4.90 Å². The van der Waals surface area contributed by atoms with Gasteiger partial charge in [-0.1, -0.05) is 74.0 Å². The van der Waals surface area contributed by atoms with Gasteiger partial charge in [-0.2, -0.15) is 0 Å². The van der Waals surface area contributed by atoms with Crippen LogP contribution >= 0.6 is 0 Å². The van der Waals surface area contributed by atoms with Crippen LogP contribution in [0.3, 0.4) is 0 Å². The summed E-state index contributed by atoms with van der Waals surface area (Å²) < 4.78 is 5.31. The summed E-state index contributed by atoms with van der Waals surface area (Å²) >= 11 is 0. The van der Waals surface area contributed by atoms with Gasteiger partial charge in [0.1, 0.15) is 0 Å². The van der Waals surface area contributed by atoms with E-state index in [0.717, 1.165) is 35.5 Å². The third-order valence-corrected chi connectivity index (χ3v) is 5.54. The highest BCUT2D eigenvalue weighted by Crippen LogP contribution is 2.19. The van der Waals surface area contributed by atoms with Gasteiger partial charge in [0.2, 0.25) is 0 Å². The molecule has 0 spiro atoms. The van der Waals surface area contributed by atoms with Crippen LogP contribution in [0.25, 0.3) is 0 Å². The Labute approximate surface area is 194 Å². The van der Waals surface area contributed by atoms with E-state index in [1.807, 2.05) is 72.8 Å². The summed E-state index contributed by atoms with van der Waals surface area (Å²) in [6.07, 6.45) is 1.68. The largest absolute Gasteiger partial charge is 0.449 e. The predicted molar refractivity (Wildman–Crippen MR) is 130 cm³/mol. The van der Waals surface area contributed by atoms with Crippen molar-refractivity contribution >= 4 is 23.4 Å². The summed E-state index contributed by atoms with van der Waals surface area (Å²) in [6, 6.07) is 24.0. The van der Waals surface area contributed by atoms with Gasteiger partial charge in [0, 0.05) is 37.3 Å². The van der Waals surface area contributed by atoms with E-state index < -0.39 is 0 Å². The van der Waals surface area contributed by atoms with E-state index in [9.17, 15) is 4.79 Å². The monoisotopic (exact) mass is 443 g/mol. The third kappa shape index (κ3) is 5.94. The number of unbranched alkanes of at least 4 members (excludes halogenated alkanes) is 1. The smallest absolute Gasteiger partial charge is 0.409 e. The Hall–Kier alpha value is -3.74. The fourth-order valence-electron chi connectivity index (χ4n) is 3.66. The topological polar surface area (TPSA) is 70.9 Å². The van der Waals surface area contributed by atoms with Gasteiger partial charge in [0.15, 0.2) is 11.6 Å². The lowest BCUT2D eigenvalue weighted by atomic mass is 10.0. The van der Waals surface area contributed by atoms with Crippen molar-refractivity contribution in [2.24, 2.45) is 4.99 Å². The van der Waals surface area contributed by atoms with Crippen LogP contribution < -0.4 is 4.90 Å². The molecule has 1 amide bonds. The molecule has 3 aromatic rings. The average molecular weight is 444 g/mol. The van der Waals surface area contributed by atoms with Crippen molar-refractivity contribution in [1.29, 1.82) is 0 Å². The molecule has 33 heavy (non-hydrogen) atoms. The molecule has 2 aromatic carbocycles. The summed E-state index contributed by atoms with van der Waals surface area (Å²) in [6.45, 7) is 5.17. The number of amides is 1. The summed E-state index contributed by atoms with van der Waals surface area (Å²) in [5.74, 6) is 1.34. The Morgan fingerprint density at radius 3 is 2.06 bits per heavy atom. The molecule has 0 unspecified atom stereocenters. The highest BCUT2D eigenvalue weighted by Gasteiger charge is 2.23. The summed E-state index contributed by atoms with van der Waals surface area (Å²) in [7, 11) is 0. The van der Waals surface area contributed by atoms with Crippen LogP contribution in [-0.4, -0.2) is 59.7 Å². The van der Waals surface area contributed by atoms with Crippen LogP contribution in [0.5, 0.6) is 0 Å². The number of carbonyl (C=O) groups is 1. The molecule has 7 nitrogen and oxygen atoms in total. The molecule has 1 fully saturated rings. The molecular formula is C26H29N5O2. The van der Waals surface area contributed by atoms with Gasteiger partial charge >= 0.3 is 6.09 Å². The molecule has 1 aromatic heterocycles. The van der Waals surface area contributed by atoms with Crippen LogP contribution in [0.1, 0.15) is 30.9 Å². The summed E-state index contributed by atoms with van der Waals surface area (Å²) in [4.78, 5) is 20.8. The molecule has 2 heterocycles. The second-order valence-electron chi connectivity index (χ2n) is 7.88. The van der Waals surface area contributed by atoms with E-state index >= 15 is 0 Å². The second-order valence-corrected chi connectivity index (χ2v) is 7.88. The van der Waals surface area contributed by atoms with E-state index in [0.29, 0.717) is 38.6 Å². The van der Waals surface area contributed by atoms with Crippen LogP contribution in [0.2, 0.25) is 0 Å². The van der Waals surface area contributed by atoms with Gasteiger partial charge in [-0.3, -0.25) is 0 Å². The molecule has 0 bridgehead atoms. The maximum Gasteiger partial charge on any atom is 0.409 e. The van der Waals surface area contributed by atoms with E-state index in [-0.39, 0.29) is 6.09 Å². The minimum absolute atomic E-state index is 0.228. The van der Waals surface area contributed by atoms with Crippen molar-refractivity contribution < 1.29 is 9.53 Å². The number of nitrogens with zero attached hydrogens (tertiary/aromatic N) is 5. The molecule has 0 N–H and O–H groups in total. The first-order valence-corrected chi connectivity index (χ1v) is 11.4. The maximum atomic E-state index is 12.1. The number of carbonyl (C=O) groups excluding carboxylic acids is 1. The van der Waals surface area contributed by atoms with Crippen molar-refractivity contribution in [3.63, 3.8) is 0 Å². The predicted octanol–water partition coefficient (Wildman–Crippen LogP) is 4.70. The molecule has 4 rings (SSSR count). The lowest BCUT2D eigenvalue weighted by Crippen LogP contribution is -2.49. The Balaban J connectivity index is 1.44. The lowest BCUT2D eigenvalue weighted by Gasteiger charge is -2.34. The number of aromatic nitrogens is 2. The number of hydrogen-bond donors (Lipinski definition) is 0. The Morgan fingerprint density at radius 1 is 0.879 bits per heavy atom. The van der Waals surface area contributed by atoms with Gasteiger partial charge in [0.05, 0.1) is 12.3 Å². The number of piperazine rings is 1. The van der Waals surface area contributed by atoms with Gasteiger partial charge in [-0.15, -0.1) is 10.2 Å². The second kappa shape index (κ2) is 11.2. The number of benzene rings is 2. The molecule has 1 aliphatic rings. The molecule has 0 atom stereocenters. The van der Waals surface area contributed by atoms with Crippen molar-refractivity contribution in [3.8, 4) is 0 Å². The van der Waals surface area contributed by atoms with E-state index in [1.165, 1.54) is 0 Å². The molecule has 1 saturated heterocycles. The molecule has 0 radical (unpaired) electrons. The molecule has 0 aliphatic carbocycles. The number of aliphatic imine (C=N–C) groups is 1. The van der Waals surface area contributed by atoms with Gasteiger partial charge in [-0.25, -0.2) is 9.79 Å². The zero-order valence-corrected chi connectivity index (χ0v) is 18.9. The van der Waals surface area contributed by atoms with Crippen LogP contribution in [-0.2, 0) is 4.74 Å². The molecule has 170 valence electrons. The Bertz CT molecular complexity index is 1010. The van der Waals surface area contributed by atoms with Gasteiger partial charge in [-0.05, 0) is 18.6 Å². The van der Waals surface area contributed by atoms with Crippen molar-refractivity contribution in [2.45, 2.75) is 19.8 Å². The Kier molecular flexibility index (Phi) is 7.64. The number of ether oxygens (including phenoxy) is 1. The lowest BCUT2D eigenvalue weighted by molar-refractivity contribution is 0.0989. The standard InChI is InChI=1S/C26H29N5O2/c1-2-3-20-33-26(32)31-18-16-30(17-19-31)24-15-14-23(28-29-24)27-25(21-10-6-4-7-11-21)22-12-8-5-9-13-22/h4-15H,2-3,16-20H2,1H3. The van der Waals surface area contributed by atoms with Crippen LogP contribution in [0.15, 0.2) is 77.8 Å². The van der Waals surface area contributed by atoms with E-state index in [4.69, 9.17) is 9.73 Å². The fraction of sp³-hybridized carbons (Fsp3) is 0.308. The van der Waals surface area contributed by atoms with Crippen molar-refractivity contribution in [3.05, 3.63) is 83.9 Å². The first-order chi connectivity index (χ1) is 16.2. The first-order valence-electron chi connectivity index (χ1n) is 11.4. The molecule has 0 saturated carbocycles. The Morgan fingerprint density at radius 2 is 1.52 bits per heavy atom. The van der Waals surface area contributed by atoms with E-state index in [2.05, 4.69) is 22.0 Å². The van der Waals surface area contributed by atoms with Crippen molar-refractivity contribution in [2.75, 3.05) is 37.7 Å². The highest BCUT2D eigenvalue weighted by molar-refractivity contribution is 6.13. The maximum absolute atomic E-state index is 12.1. The zero-order chi connectivity index (χ0) is 22.9. The van der Waals surface area contributed by atoms with Crippen LogP contribution in [0.4, 0.5) is 16.4 Å². The number of rotatable bonds is 7. The van der Waals surface area contributed by atoms with Gasteiger partial charge in [0.25, 0.3) is 0 Å². The first kappa shape index (κ1) is 22.5. The van der Waals surface area contributed by atoms with Crippen LogP contribution in [0, 0.1) is 0 Å². The molecule has 7 heteroatoms. The molecular weight excluding hydrogens is 414 g/mol. The normalized spacial score (nSPS) is 13.5. The van der Waals surface area contributed by atoms with Gasteiger partial charge < -0.3 is 14.5 Å². The molecule has 1 aliphatic heterocycles. The quantitative estimate of drug-likeness (QED) is 0.391. The zero-order valence-electron chi connectivity index (χ0n) is 18.9. The number of hydrogen-bond acceptors (Lipinski definition) is 6. The summed E-state index contributed by atoms with van der Waals surface area (Å²) in [5.41, 5.74) is 2.90. The minimum atomic E-state index is -0.228. The average Bonchev–Trinajstić information content (AvgIpc) is 2.89. The summed E-state index contributed by atoms with van der Waals surface area (Å²) in [5, 5.41) is 8.77. The van der Waals surface area contributed by atoms with Crippen molar-refractivity contribution in [1.82, 2.24) is 15.1 Å². The number of anilines is 1. The highest BCUT2D eigenvalue weighted by atomic mass is 16.6. The third-order valence-electron chi connectivity index (χ3n) is 5.54. The SMILES string of the molecule is CCCCOC(=O)N1CCN(c2ccc(N=C(c3ccccc3)c3ccccc3)nn2)CC1.